The van der Waals surface area contributed by atoms with Crippen LogP contribution < -0.4 is 59.8 Å². The molecule has 142 heavy (non-hydrogen) atoms. The number of nitrogens with one attached hydrogen (secondary N) is 8. The summed E-state index contributed by atoms with van der Waals surface area (Å²) < 4.78 is 116. The minimum Gasteiger partial charge on any atom is -0.351 e. The van der Waals surface area contributed by atoms with E-state index in [2.05, 4.69) is 80.0 Å². The Morgan fingerprint density at radius 3 is 0.993 bits per heavy atom. The van der Waals surface area contributed by atoms with Crippen LogP contribution in [0.4, 0.5) is 43.0 Å². The number of carbonyl (C=O) groups excluding carboxylic acids is 8. The van der Waals surface area contributed by atoms with Crippen molar-refractivity contribution in [3.8, 4) is 0 Å². The summed E-state index contributed by atoms with van der Waals surface area (Å²) in [6, 6.07) is 48.1. The number of rotatable bonds is 24. The quantitative estimate of drug-likeness (QED) is 0.0260. The first kappa shape index (κ1) is 101. The van der Waals surface area contributed by atoms with E-state index in [-0.39, 0.29) is 43.3 Å². The van der Waals surface area contributed by atoms with Crippen molar-refractivity contribution in [2.45, 2.75) is 77.9 Å². The van der Waals surface area contributed by atoms with Crippen molar-refractivity contribution in [2.24, 2.45) is 30.7 Å². The van der Waals surface area contributed by atoms with E-state index in [0.717, 1.165) is 147 Å². The highest BCUT2D eigenvalue weighted by Gasteiger charge is 2.34. The molecule has 12 aromatic rings. The third kappa shape index (κ3) is 25.5. The van der Waals surface area contributed by atoms with Crippen molar-refractivity contribution in [1.29, 1.82) is 0 Å². The highest BCUT2D eigenvalue weighted by atomic mass is 35.5. The molecule has 8 amide bonds. The fraction of sp³-hybridized carbons (Fsp3) is 0.271. The standard InChI is InChI=1S/C25H25N5O4S2.C24H22ClN5O4S2.C24H23N5O4S2.C23H24N6O4S2/c1-16-2-3-19-13-21(5-4-18(19)12-16)36(33,34)27-15-17-7-10-30(11-8-17)24-26-9-6-20(28-24)14-22-23(31)29-25(32)35-22;25-20-3-1-2-16-12-18(4-5-19(16)20)36(33,34)27-14-15-7-10-30(11-8-15)23-26-9-6-17(28-23)13-21-22(31)29-24(32)35-21;30-22-21(34-24(31)28-22)14-19-7-10-25-23(27-19)29-11-8-16(9-12-29)15-26-35(32,33)20-6-5-17-3-1-2-4-18(17)13-20;1-28-9-7-16-12-18(2-3-19(16)28)35(32,33)25-14-15-5-10-29(11-6-15)22-24-8-4-17(26-22)13-20-21(30)27-23(31)34-20/h2-6,9,12-14,17,27H,7-8,10-11,15H2,1H3,(H,29,31,32);1-6,9,12-13,15,27H,7-8,10-11,14H2,(H,29,31,32);1-7,10,13-14,16,26H,8-9,11-12,15H2,(H,28,30,31);2-4,7-9,12-13,15,25H,5-6,10-11,14H2,1H3,(H,27,30,31)/b22-14-;21-13-;21-14-;20-13-. The first-order valence-corrected chi connectivity index (χ1v) is 54.8. The van der Waals surface area contributed by atoms with Crippen LogP contribution in [0.3, 0.4) is 0 Å². The summed E-state index contributed by atoms with van der Waals surface area (Å²) in [6.45, 7) is 8.96. The van der Waals surface area contributed by atoms with Gasteiger partial charge in [0.2, 0.25) is 63.9 Å². The molecular weight excluding hydrogens is 2000 g/mol. The molecule has 8 N–H and O–H groups in total. The van der Waals surface area contributed by atoms with Gasteiger partial charge in [-0.2, -0.15) is 0 Å². The number of thioether (sulfide) groups is 4. The molecule has 0 unspecified atom stereocenters. The van der Waals surface area contributed by atoms with Gasteiger partial charge in [-0.15, -0.1) is 0 Å². The molecule has 8 aliphatic rings. The molecule has 20 rings (SSSR count). The summed E-state index contributed by atoms with van der Waals surface area (Å²) in [7, 11) is -12.5. The van der Waals surface area contributed by atoms with Gasteiger partial charge in [0.05, 0.1) is 62.0 Å². The third-order valence-electron chi connectivity index (χ3n) is 24.8. The topological polar surface area (TPSA) is 490 Å². The zero-order valence-electron chi connectivity index (χ0n) is 76.2. The first-order chi connectivity index (χ1) is 68.2. The summed E-state index contributed by atoms with van der Waals surface area (Å²) in [5.41, 5.74) is 4.30. The number of sulfonamides is 4. The molecule has 0 spiro atoms. The number of halogens is 1. The van der Waals surface area contributed by atoms with Crippen LogP contribution in [-0.2, 0) is 66.3 Å². The number of anilines is 4. The highest BCUT2D eigenvalue weighted by Crippen LogP contribution is 2.35. The normalized spacial score (nSPS) is 18.4. The summed E-state index contributed by atoms with van der Waals surface area (Å²) in [6.07, 6.45) is 21.0. The Bertz CT molecular complexity index is 7620. The van der Waals surface area contributed by atoms with Gasteiger partial charge in [0.25, 0.3) is 44.6 Å². The first-order valence-electron chi connectivity index (χ1n) is 45.2. The zero-order valence-corrected chi connectivity index (χ0v) is 83.5. The van der Waals surface area contributed by atoms with E-state index in [0.29, 0.717) is 150 Å². The Labute approximate surface area is 839 Å². The predicted molar refractivity (Wildman–Crippen MR) is 550 cm³/mol. The summed E-state index contributed by atoms with van der Waals surface area (Å²) >= 11 is 9.58. The van der Waals surface area contributed by atoms with Gasteiger partial charge < -0.3 is 24.2 Å². The molecule has 0 aliphatic carbocycles. The molecule has 0 saturated carbocycles. The number of aryl methyl sites for hydroxylation is 2. The number of imide groups is 4. The van der Waals surface area contributed by atoms with E-state index in [1.165, 1.54) is 0 Å². The zero-order chi connectivity index (χ0) is 99.6. The summed E-state index contributed by atoms with van der Waals surface area (Å²) in [5.74, 6) is 1.26. The molecule has 0 atom stereocenters. The van der Waals surface area contributed by atoms with E-state index in [4.69, 9.17) is 11.6 Å². The van der Waals surface area contributed by atoms with Crippen LogP contribution in [0.2, 0.25) is 5.02 Å². The minimum atomic E-state index is -3.65. The second-order valence-electron chi connectivity index (χ2n) is 34.5. The highest BCUT2D eigenvalue weighted by molar-refractivity contribution is 8.19. The predicted octanol–water partition coefficient (Wildman–Crippen LogP) is 12.9. The van der Waals surface area contributed by atoms with Crippen LogP contribution >= 0.6 is 58.6 Å². The Morgan fingerprint density at radius 2 is 0.641 bits per heavy atom. The van der Waals surface area contributed by atoms with Crippen LogP contribution in [0.1, 0.15) is 79.7 Å². The average molecular weight is 2090 g/mol. The number of hydrogen-bond donors (Lipinski definition) is 8. The van der Waals surface area contributed by atoms with Gasteiger partial charge in [0, 0.05) is 138 Å². The third-order valence-corrected chi connectivity index (χ3v) is 34.0. The van der Waals surface area contributed by atoms with Crippen molar-refractivity contribution in [2.75, 3.05) is 98.1 Å². The lowest BCUT2D eigenvalue weighted by atomic mass is 9.97. The lowest BCUT2D eigenvalue weighted by molar-refractivity contribution is -0.116. The maximum absolute atomic E-state index is 12.9. The molecule has 0 radical (unpaired) electrons. The van der Waals surface area contributed by atoms with Crippen LogP contribution in [0.25, 0.3) is 67.5 Å². The molecular formula is C96H94ClN21O16S8. The Kier molecular flexibility index (Phi) is 31.5. The van der Waals surface area contributed by atoms with E-state index < -0.39 is 84.7 Å². The SMILES string of the molecule is Cc1ccc2cc(S(=O)(=O)NCC3CCN(c4nccc(/C=C5\SC(=O)NC5=O)n4)CC3)ccc2c1.Cn1ccc2cc(S(=O)(=O)NCC3CCN(c4nccc(/C=C5\SC(=O)NC5=O)n4)CC3)ccc21.O=C1NC(=O)/C(=C/c2ccnc(N3CCC(CNS(=O)(=O)c4ccc5c(Cl)cccc5c4)CC3)n2)S1.O=C1NC(=O)/C(=C/c2ccnc(N3CCC(CNS(=O)(=O)c4ccc5ccccc5c4)CC3)n2)S1. The smallest absolute Gasteiger partial charge is 0.290 e. The van der Waals surface area contributed by atoms with Crippen LogP contribution in [0.15, 0.2) is 234 Å². The second-order valence-corrected chi connectivity index (χ2v) is 46.0. The van der Waals surface area contributed by atoms with Crippen molar-refractivity contribution in [3.05, 3.63) is 248 Å². The molecule has 5 aromatic heterocycles. The van der Waals surface area contributed by atoms with Crippen LogP contribution in [0.5, 0.6) is 0 Å². The number of amides is 8. The van der Waals surface area contributed by atoms with E-state index in [1.54, 1.807) is 140 Å². The van der Waals surface area contributed by atoms with Crippen LogP contribution in [-0.4, -0.2) is 201 Å². The summed E-state index contributed by atoms with van der Waals surface area (Å²) in [4.78, 5) is 138. The molecule has 7 aromatic carbocycles. The van der Waals surface area contributed by atoms with Crippen molar-refractivity contribution in [3.63, 3.8) is 0 Å². The van der Waals surface area contributed by atoms with E-state index in [9.17, 15) is 72.0 Å². The molecule has 8 fully saturated rings. The average Bonchev–Trinajstić information content (AvgIpc) is 1.24. The van der Waals surface area contributed by atoms with Crippen molar-refractivity contribution < 1.29 is 72.0 Å². The molecule has 8 saturated heterocycles. The summed E-state index contributed by atoms with van der Waals surface area (Å²) in [5, 5.41) is 14.2. The number of hydrogen-bond acceptors (Lipinski definition) is 32. The molecule has 13 heterocycles. The van der Waals surface area contributed by atoms with Gasteiger partial charge >= 0.3 is 0 Å². The number of carbonyl (C=O) groups is 8. The van der Waals surface area contributed by atoms with Crippen molar-refractivity contribution >= 4 is 235 Å². The Hall–Kier alpha value is -12.8. The van der Waals surface area contributed by atoms with E-state index in [1.807, 2.05) is 117 Å². The monoisotopic (exact) mass is 2090 g/mol. The lowest BCUT2D eigenvalue weighted by Gasteiger charge is -2.32. The Balaban J connectivity index is 0.000000130. The van der Waals surface area contributed by atoms with Gasteiger partial charge in [0.15, 0.2) is 0 Å². The molecule has 0 bridgehead atoms. The van der Waals surface area contributed by atoms with Gasteiger partial charge in [-0.25, -0.2) is 92.4 Å². The Morgan fingerprint density at radius 1 is 0.345 bits per heavy atom. The maximum atomic E-state index is 12.9. The van der Waals surface area contributed by atoms with Gasteiger partial charge in [-0.05, 0) is 271 Å². The number of benzene rings is 7. The number of nitrogens with zero attached hydrogens (tertiary/aromatic N) is 13. The minimum absolute atomic E-state index is 0.181. The van der Waals surface area contributed by atoms with Gasteiger partial charge in [-0.3, -0.25) is 59.6 Å². The molecule has 734 valence electrons. The second kappa shape index (κ2) is 44.4. The molecule has 37 nitrogen and oxygen atoms in total. The number of fused-ring (bicyclic) bond motifs is 4. The lowest BCUT2D eigenvalue weighted by Crippen LogP contribution is -2.39. The van der Waals surface area contributed by atoms with Crippen molar-refractivity contribution in [1.82, 2.24) is 84.6 Å². The molecule has 46 heteroatoms. The molecule has 8 aliphatic heterocycles. The van der Waals surface area contributed by atoms with Gasteiger partial charge in [-0.1, -0.05) is 90.0 Å². The van der Waals surface area contributed by atoms with Gasteiger partial charge in [0.1, 0.15) is 0 Å². The number of piperidine rings is 4. The fourth-order valence-electron chi connectivity index (χ4n) is 16.9. The largest absolute Gasteiger partial charge is 0.351 e. The van der Waals surface area contributed by atoms with Crippen LogP contribution in [0, 0.1) is 30.6 Å². The maximum Gasteiger partial charge on any atom is 0.290 e. The van der Waals surface area contributed by atoms with E-state index >= 15 is 0 Å². The number of aromatic nitrogens is 9. The fourth-order valence-corrected chi connectivity index (χ4v) is 24.4.